The van der Waals surface area contributed by atoms with Crippen molar-refractivity contribution in [3.8, 4) is 16.9 Å². The molecular formula is C23H29N5O5. The zero-order chi connectivity index (χ0) is 24.1. The van der Waals surface area contributed by atoms with Crippen molar-refractivity contribution < 1.29 is 24.6 Å². The predicted molar refractivity (Wildman–Crippen MR) is 122 cm³/mol. The molecule has 0 aromatic heterocycles. The topological polar surface area (TPSA) is 194 Å². The van der Waals surface area contributed by atoms with Gasteiger partial charge in [-0.2, -0.15) is 0 Å². The molecule has 10 heteroatoms. The van der Waals surface area contributed by atoms with E-state index in [0.29, 0.717) is 5.56 Å². The molecule has 0 spiro atoms. The highest BCUT2D eigenvalue weighted by molar-refractivity contribution is 5.93. The second-order valence-corrected chi connectivity index (χ2v) is 8.21. The molecule has 4 bridgehead atoms. The lowest BCUT2D eigenvalue weighted by Crippen LogP contribution is -2.57. The Labute approximate surface area is 191 Å². The Hall–Kier alpha value is -3.47. The highest BCUT2D eigenvalue weighted by Gasteiger charge is 2.29. The number of amides is 3. The van der Waals surface area contributed by atoms with Crippen molar-refractivity contribution in [2.75, 3.05) is 6.54 Å². The highest BCUT2D eigenvalue weighted by Crippen LogP contribution is 2.28. The number of aliphatic hydroxyl groups is 1. The molecule has 1 aliphatic heterocycles. The second kappa shape index (κ2) is 10.4. The summed E-state index contributed by atoms with van der Waals surface area (Å²) in [5, 5.41) is 25.3. The zero-order valence-corrected chi connectivity index (χ0v) is 18.0. The van der Waals surface area contributed by atoms with E-state index in [9.17, 15) is 24.6 Å². The van der Waals surface area contributed by atoms with Crippen LogP contribution >= 0.6 is 0 Å². The van der Waals surface area contributed by atoms with Crippen LogP contribution in [0.4, 0.5) is 0 Å². The van der Waals surface area contributed by atoms with Crippen LogP contribution < -0.4 is 27.8 Å². The summed E-state index contributed by atoms with van der Waals surface area (Å²) in [6, 6.07) is 9.02. The number of aromatic hydroxyl groups is 1. The minimum Gasteiger partial charge on any atom is -0.508 e. The molecule has 0 saturated carbocycles. The minimum atomic E-state index is -1.19. The van der Waals surface area contributed by atoms with E-state index in [4.69, 9.17) is 17.2 Å². The SMILES string of the molecule is NC[C@H](O)C[C@@H]1NC(=O)[C@@H](N)Cc2cc(ccc2O)-c2cccc(c2)C[C@@H](C(N)=O)NC1=O. The van der Waals surface area contributed by atoms with Crippen molar-refractivity contribution in [3.05, 3.63) is 53.6 Å². The molecule has 10 N–H and O–H groups in total. The van der Waals surface area contributed by atoms with Crippen LogP contribution in [0.2, 0.25) is 0 Å². The Bertz CT molecular complexity index is 1040. The van der Waals surface area contributed by atoms with Crippen LogP contribution in [0.1, 0.15) is 17.5 Å². The minimum absolute atomic E-state index is 0.0101. The number of nitrogens with two attached hydrogens (primary N) is 3. The number of fused-ring (bicyclic) bond motifs is 5. The largest absolute Gasteiger partial charge is 0.508 e. The van der Waals surface area contributed by atoms with E-state index in [-0.39, 0.29) is 31.6 Å². The molecule has 176 valence electrons. The first-order valence-corrected chi connectivity index (χ1v) is 10.6. The number of rotatable bonds is 4. The Kier molecular flexibility index (Phi) is 7.64. The van der Waals surface area contributed by atoms with Crippen LogP contribution in [0.25, 0.3) is 11.1 Å². The van der Waals surface area contributed by atoms with Crippen LogP contribution in [0.3, 0.4) is 0 Å². The Morgan fingerprint density at radius 1 is 1.06 bits per heavy atom. The van der Waals surface area contributed by atoms with Crippen molar-refractivity contribution in [2.24, 2.45) is 17.2 Å². The average Bonchev–Trinajstić information content (AvgIpc) is 2.78. The first kappa shape index (κ1) is 24.2. The average molecular weight is 456 g/mol. The van der Waals surface area contributed by atoms with Gasteiger partial charge in [-0.1, -0.05) is 30.3 Å². The third-order valence-electron chi connectivity index (χ3n) is 5.63. The van der Waals surface area contributed by atoms with E-state index >= 15 is 0 Å². The van der Waals surface area contributed by atoms with Gasteiger partial charge in [-0.05, 0) is 34.4 Å². The van der Waals surface area contributed by atoms with Crippen LogP contribution in [0, 0.1) is 0 Å². The summed E-state index contributed by atoms with van der Waals surface area (Å²) in [4.78, 5) is 37.8. The number of benzene rings is 2. The predicted octanol–water partition coefficient (Wildman–Crippen LogP) is -1.35. The van der Waals surface area contributed by atoms with Crippen molar-refractivity contribution >= 4 is 17.7 Å². The van der Waals surface area contributed by atoms with E-state index < -0.39 is 42.0 Å². The molecule has 0 radical (unpaired) electrons. The molecule has 4 atom stereocenters. The lowest BCUT2D eigenvalue weighted by molar-refractivity contribution is -0.132. The third kappa shape index (κ3) is 6.07. The molecular weight excluding hydrogens is 426 g/mol. The molecule has 1 heterocycles. The Morgan fingerprint density at radius 3 is 2.48 bits per heavy atom. The standard InChI is InChI=1S/C23H29N5O5/c24-11-16(29)10-19-23(33)27-18(21(26)31)7-12-2-1-3-13(6-12)14-4-5-20(30)15(8-14)9-17(25)22(32)28-19/h1-6,8,16-19,29-30H,7,9-11,24-25H2,(H2,26,31)(H,27,33)(H,28,32)/t16-,17+,18+,19+/m1/s1. The fourth-order valence-corrected chi connectivity index (χ4v) is 3.75. The maximum atomic E-state index is 12.9. The molecule has 0 fully saturated rings. The van der Waals surface area contributed by atoms with Crippen LogP contribution in [-0.4, -0.2) is 58.7 Å². The number of carbonyl (C=O) groups is 3. The van der Waals surface area contributed by atoms with Crippen LogP contribution in [-0.2, 0) is 27.2 Å². The quantitative estimate of drug-likeness (QED) is 0.296. The summed E-state index contributed by atoms with van der Waals surface area (Å²) in [5.41, 5.74) is 19.9. The molecule has 3 amide bonds. The number of phenolic OH excluding ortho intramolecular Hbond substituents is 1. The van der Waals surface area contributed by atoms with Gasteiger partial charge in [0.25, 0.3) is 0 Å². The van der Waals surface area contributed by atoms with E-state index in [2.05, 4.69) is 10.6 Å². The number of primary amides is 1. The molecule has 0 aliphatic carbocycles. The number of aliphatic hydroxyl groups excluding tert-OH is 1. The smallest absolute Gasteiger partial charge is 0.243 e. The Balaban J connectivity index is 2.05. The normalized spacial score (nSPS) is 22.3. The van der Waals surface area contributed by atoms with Gasteiger partial charge in [0.05, 0.1) is 12.1 Å². The summed E-state index contributed by atoms with van der Waals surface area (Å²) in [5.74, 6) is -2.10. The monoisotopic (exact) mass is 455 g/mol. The van der Waals surface area contributed by atoms with Crippen LogP contribution in [0.15, 0.2) is 42.5 Å². The number of hydrogen-bond donors (Lipinski definition) is 7. The number of carbonyl (C=O) groups excluding carboxylic acids is 3. The summed E-state index contributed by atoms with van der Waals surface area (Å²) in [7, 11) is 0. The van der Waals surface area contributed by atoms with Crippen LogP contribution in [0.5, 0.6) is 5.75 Å². The van der Waals surface area contributed by atoms with Gasteiger partial charge in [0.2, 0.25) is 17.7 Å². The van der Waals surface area contributed by atoms with Gasteiger partial charge in [-0.15, -0.1) is 0 Å². The maximum absolute atomic E-state index is 12.9. The van der Waals surface area contributed by atoms with Gasteiger partial charge in [-0.3, -0.25) is 14.4 Å². The van der Waals surface area contributed by atoms with E-state index in [1.54, 1.807) is 18.2 Å². The van der Waals surface area contributed by atoms with E-state index in [1.807, 2.05) is 18.2 Å². The molecule has 2 aromatic rings. The highest BCUT2D eigenvalue weighted by atomic mass is 16.3. The molecule has 0 saturated heterocycles. The summed E-state index contributed by atoms with van der Waals surface area (Å²) >= 11 is 0. The van der Waals surface area contributed by atoms with Gasteiger partial charge >= 0.3 is 0 Å². The third-order valence-corrected chi connectivity index (χ3v) is 5.63. The zero-order valence-electron chi connectivity index (χ0n) is 18.0. The lowest BCUT2D eigenvalue weighted by atomic mass is 9.96. The maximum Gasteiger partial charge on any atom is 0.243 e. The Morgan fingerprint density at radius 2 is 1.79 bits per heavy atom. The van der Waals surface area contributed by atoms with Gasteiger partial charge in [0.1, 0.15) is 17.8 Å². The molecule has 0 unspecified atom stereocenters. The summed E-state index contributed by atoms with van der Waals surface area (Å²) in [6.45, 7) is -0.127. The van der Waals surface area contributed by atoms with Crippen molar-refractivity contribution in [1.29, 1.82) is 0 Å². The van der Waals surface area contributed by atoms with Gasteiger partial charge < -0.3 is 38.0 Å². The van der Waals surface area contributed by atoms with E-state index in [0.717, 1.165) is 16.7 Å². The first-order valence-electron chi connectivity index (χ1n) is 10.6. The summed E-state index contributed by atoms with van der Waals surface area (Å²) in [6.07, 6.45) is -1.10. The number of phenols is 1. The number of hydrogen-bond acceptors (Lipinski definition) is 7. The van der Waals surface area contributed by atoms with Gasteiger partial charge in [0, 0.05) is 25.8 Å². The molecule has 2 aromatic carbocycles. The van der Waals surface area contributed by atoms with Crippen molar-refractivity contribution in [1.82, 2.24) is 10.6 Å². The number of nitrogens with one attached hydrogen (secondary N) is 2. The van der Waals surface area contributed by atoms with Crippen molar-refractivity contribution in [2.45, 2.75) is 43.5 Å². The second-order valence-electron chi connectivity index (χ2n) is 8.21. The van der Waals surface area contributed by atoms with Gasteiger partial charge in [-0.25, -0.2) is 0 Å². The molecule has 10 nitrogen and oxygen atoms in total. The van der Waals surface area contributed by atoms with Gasteiger partial charge in [0.15, 0.2) is 0 Å². The molecule has 3 rings (SSSR count). The summed E-state index contributed by atoms with van der Waals surface area (Å²) < 4.78 is 0. The van der Waals surface area contributed by atoms with E-state index in [1.165, 1.54) is 6.07 Å². The molecule has 33 heavy (non-hydrogen) atoms. The fourth-order valence-electron chi connectivity index (χ4n) is 3.75. The van der Waals surface area contributed by atoms with Crippen molar-refractivity contribution in [3.63, 3.8) is 0 Å². The molecule has 1 aliphatic rings. The fraction of sp³-hybridized carbons (Fsp3) is 0.348. The lowest BCUT2D eigenvalue weighted by Gasteiger charge is -2.24. The first-order chi connectivity index (χ1) is 15.7.